The molecule has 0 aliphatic heterocycles. The highest BCUT2D eigenvalue weighted by Crippen LogP contribution is 2.28. The van der Waals surface area contributed by atoms with Crippen LogP contribution in [0.2, 0.25) is 0 Å². The maximum Gasteiger partial charge on any atom is 0.205 e. The molecule has 0 N–H and O–H groups in total. The predicted octanol–water partition coefficient (Wildman–Crippen LogP) is 2.34. The Morgan fingerprint density at radius 1 is 1.50 bits per heavy atom. The molecular formula is C5H7Cl2N. The van der Waals surface area contributed by atoms with Crippen molar-refractivity contribution in [1.82, 2.24) is 0 Å². The Labute approximate surface area is 59.2 Å². The number of halogens is 2. The first-order valence-corrected chi connectivity index (χ1v) is 3.05. The lowest BCUT2D eigenvalue weighted by molar-refractivity contribution is 0.636. The predicted molar refractivity (Wildman–Crippen MR) is 34.9 cm³/mol. The van der Waals surface area contributed by atoms with Gasteiger partial charge in [-0.25, -0.2) is 0 Å². The van der Waals surface area contributed by atoms with Crippen LogP contribution in [0.25, 0.3) is 0 Å². The maximum atomic E-state index is 8.25. The zero-order valence-electron chi connectivity index (χ0n) is 4.78. The Morgan fingerprint density at radius 2 is 1.88 bits per heavy atom. The van der Waals surface area contributed by atoms with Crippen LogP contribution in [0.15, 0.2) is 0 Å². The van der Waals surface area contributed by atoms with E-state index in [1.54, 1.807) is 19.9 Å². The smallest absolute Gasteiger partial charge is 0.195 e. The number of hydrogen-bond acceptors (Lipinski definition) is 1. The van der Waals surface area contributed by atoms with E-state index in [1.807, 2.05) is 0 Å². The Bertz CT molecular complexity index is 112. The average molecular weight is 152 g/mol. The lowest BCUT2D eigenvalue weighted by atomic mass is 10.1. The van der Waals surface area contributed by atoms with Crippen molar-refractivity contribution in [2.75, 3.05) is 0 Å². The molecule has 0 aromatic carbocycles. The Balaban J connectivity index is 3.97. The van der Waals surface area contributed by atoms with Gasteiger partial charge in [0.25, 0.3) is 0 Å². The normalized spacial score (nSPS) is 11.5. The molecule has 0 saturated carbocycles. The Kier molecular flexibility index (Phi) is 2.59. The molecule has 0 bridgehead atoms. The summed E-state index contributed by atoms with van der Waals surface area (Å²) in [5.41, 5.74) is 0. The van der Waals surface area contributed by atoms with Crippen molar-refractivity contribution in [3.05, 3.63) is 0 Å². The van der Waals surface area contributed by atoms with Crippen LogP contribution in [0.3, 0.4) is 0 Å². The van der Waals surface area contributed by atoms with Gasteiger partial charge < -0.3 is 0 Å². The summed E-state index contributed by atoms with van der Waals surface area (Å²) in [5.74, 6) is -0.0177. The van der Waals surface area contributed by atoms with Crippen molar-refractivity contribution in [1.29, 1.82) is 5.26 Å². The number of nitriles is 1. The van der Waals surface area contributed by atoms with Gasteiger partial charge in [-0.3, -0.25) is 0 Å². The van der Waals surface area contributed by atoms with E-state index in [4.69, 9.17) is 28.5 Å². The monoisotopic (exact) mass is 151 g/mol. The fourth-order valence-corrected chi connectivity index (χ4v) is 0.129. The molecule has 0 radical (unpaired) electrons. The second-order valence-corrected chi connectivity index (χ2v) is 3.28. The van der Waals surface area contributed by atoms with E-state index < -0.39 is 4.33 Å². The molecule has 1 nitrogen and oxygen atoms in total. The van der Waals surface area contributed by atoms with Gasteiger partial charge in [-0.1, -0.05) is 37.0 Å². The van der Waals surface area contributed by atoms with E-state index >= 15 is 0 Å². The molecule has 0 aromatic rings. The molecule has 0 spiro atoms. The summed E-state index contributed by atoms with van der Waals surface area (Å²) in [4.78, 5) is 0. The molecule has 0 amide bonds. The van der Waals surface area contributed by atoms with Crippen LogP contribution in [0, 0.1) is 17.2 Å². The molecule has 0 aliphatic rings. The maximum absolute atomic E-state index is 8.25. The van der Waals surface area contributed by atoms with Gasteiger partial charge in [-0.05, 0) is 5.92 Å². The van der Waals surface area contributed by atoms with Gasteiger partial charge in [0, 0.05) is 0 Å². The van der Waals surface area contributed by atoms with Gasteiger partial charge in [0.15, 0.2) is 0 Å². The Hall–Kier alpha value is 0.0700. The molecule has 3 heteroatoms. The number of alkyl halides is 2. The minimum absolute atomic E-state index is 0.0177. The van der Waals surface area contributed by atoms with Crippen molar-refractivity contribution in [3.8, 4) is 6.07 Å². The largest absolute Gasteiger partial charge is 0.205 e. The van der Waals surface area contributed by atoms with Crippen LogP contribution < -0.4 is 0 Å². The molecular weight excluding hydrogens is 145 g/mol. The molecule has 46 valence electrons. The summed E-state index contributed by atoms with van der Waals surface area (Å²) in [6, 6.07) is 1.77. The van der Waals surface area contributed by atoms with E-state index in [9.17, 15) is 0 Å². The van der Waals surface area contributed by atoms with Crippen LogP contribution in [0.4, 0.5) is 0 Å². The lowest BCUT2D eigenvalue weighted by Gasteiger charge is -2.12. The summed E-state index contributed by atoms with van der Waals surface area (Å²) in [5, 5.41) is 8.25. The van der Waals surface area contributed by atoms with Gasteiger partial charge in [0.2, 0.25) is 4.33 Å². The minimum atomic E-state index is -1.21. The standard InChI is InChI=1S/C5H7Cl2N/c1-4(2)5(6,7)3-8/h4H,1-2H3. The van der Waals surface area contributed by atoms with Crippen LogP contribution in [-0.4, -0.2) is 4.33 Å². The third-order valence-electron chi connectivity index (χ3n) is 0.874. The average Bonchev–Trinajstić information content (AvgIpc) is 1.67. The summed E-state index contributed by atoms with van der Waals surface area (Å²) in [7, 11) is 0. The zero-order valence-corrected chi connectivity index (χ0v) is 6.29. The van der Waals surface area contributed by atoms with Gasteiger partial charge >= 0.3 is 0 Å². The zero-order chi connectivity index (χ0) is 6.78. The molecule has 0 aliphatic carbocycles. The van der Waals surface area contributed by atoms with E-state index in [-0.39, 0.29) is 5.92 Å². The molecule has 0 aromatic heterocycles. The first-order valence-electron chi connectivity index (χ1n) is 2.29. The fraction of sp³-hybridized carbons (Fsp3) is 0.800. The summed E-state index contributed by atoms with van der Waals surface area (Å²) in [6.45, 7) is 3.59. The highest BCUT2D eigenvalue weighted by atomic mass is 35.5. The van der Waals surface area contributed by atoms with E-state index in [0.717, 1.165) is 0 Å². The van der Waals surface area contributed by atoms with E-state index in [2.05, 4.69) is 0 Å². The summed E-state index contributed by atoms with van der Waals surface area (Å²) >= 11 is 10.9. The van der Waals surface area contributed by atoms with Crippen LogP contribution in [0.1, 0.15) is 13.8 Å². The second-order valence-electron chi connectivity index (χ2n) is 1.89. The molecule has 0 fully saturated rings. The van der Waals surface area contributed by atoms with Crippen LogP contribution >= 0.6 is 23.2 Å². The van der Waals surface area contributed by atoms with Crippen LogP contribution in [0.5, 0.6) is 0 Å². The van der Waals surface area contributed by atoms with E-state index in [1.165, 1.54) is 0 Å². The Morgan fingerprint density at radius 3 is 1.88 bits per heavy atom. The molecule has 0 heterocycles. The number of hydrogen-bond donors (Lipinski definition) is 0. The third-order valence-corrected chi connectivity index (χ3v) is 1.92. The molecule has 0 atom stereocenters. The first-order chi connectivity index (χ1) is 3.50. The van der Waals surface area contributed by atoms with Crippen molar-refractivity contribution in [2.24, 2.45) is 5.92 Å². The van der Waals surface area contributed by atoms with Crippen LogP contribution in [-0.2, 0) is 0 Å². The minimum Gasteiger partial charge on any atom is -0.195 e. The van der Waals surface area contributed by atoms with Crippen molar-refractivity contribution in [3.63, 3.8) is 0 Å². The highest BCUT2D eigenvalue weighted by molar-refractivity contribution is 6.50. The second kappa shape index (κ2) is 2.57. The quantitative estimate of drug-likeness (QED) is 0.529. The van der Waals surface area contributed by atoms with Crippen molar-refractivity contribution in [2.45, 2.75) is 18.2 Å². The SMILES string of the molecule is CC(C)C(Cl)(Cl)C#N. The summed E-state index contributed by atoms with van der Waals surface area (Å²) < 4.78 is -1.21. The fourth-order valence-electron chi connectivity index (χ4n) is 0.129. The third kappa shape index (κ3) is 1.90. The van der Waals surface area contributed by atoms with Gasteiger partial charge in [0.05, 0.1) is 0 Å². The molecule has 0 saturated heterocycles. The molecule has 0 unspecified atom stereocenters. The number of rotatable bonds is 1. The summed E-state index contributed by atoms with van der Waals surface area (Å²) in [6.07, 6.45) is 0. The number of nitrogens with zero attached hydrogens (tertiary/aromatic N) is 1. The first kappa shape index (κ1) is 8.07. The molecule has 8 heavy (non-hydrogen) atoms. The lowest BCUT2D eigenvalue weighted by Crippen LogP contribution is -2.17. The van der Waals surface area contributed by atoms with Crippen molar-refractivity contribution >= 4 is 23.2 Å². The van der Waals surface area contributed by atoms with Gasteiger partial charge in [-0.15, -0.1) is 0 Å². The van der Waals surface area contributed by atoms with Gasteiger partial charge in [-0.2, -0.15) is 5.26 Å². The highest BCUT2D eigenvalue weighted by Gasteiger charge is 2.27. The van der Waals surface area contributed by atoms with Gasteiger partial charge in [0.1, 0.15) is 6.07 Å². The van der Waals surface area contributed by atoms with E-state index in [0.29, 0.717) is 0 Å². The topological polar surface area (TPSA) is 23.8 Å². The molecule has 0 rings (SSSR count). The van der Waals surface area contributed by atoms with Crippen molar-refractivity contribution < 1.29 is 0 Å².